The zero-order valence-corrected chi connectivity index (χ0v) is 11.5. The predicted octanol–water partition coefficient (Wildman–Crippen LogP) is 2.80. The van der Waals surface area contributed by atoms with Gasteiger partial charge in [-0.3, -0.25) is 4.72 Å². The van der Waals surface area contributed by atoms with Crippen LogP contribution >= 0.6 is 0 Å². The SMILES string of the molecule is CS(=O)(=O)Nc1ccccc1NC1CCCCC1. The summed E-state index contributed by atoms with van der Waals surface area (Å²) in [6, 6.07) is 7.91. The molecule has 2 N–H and O–H groups in total. The molecule has 0 aliphatic heterocycles. The molecule has 1 fully saturated rings. The number of anilines is 2. The van der Waals surface area contributed by atoms with Gasteiger partial charge in [-0.25, -0.2) is 8.42 Å². The second-order valence-corrected chi connectivity index (χ2v) is 6.65. The van der Waals surface area contributed by atoms with Crippen molar-refractivity contribution in [3.8, 4) is 0 Å². The van der Waals surface area contributed by atoms with Gasteiger partial charge >= 0.3 is 0 Å². The predicted molar refractivity (Wildman–Crippen MR) is 75.4 cm³/mol. The van der Waals surface area contributed by atoms with Crippen LogP contribution in [-0.4, -0.2) is 20.7 Å². The molecular formula is C13H20N2O2S. The molecule has 2 rings (SSSR count). The van der Waals surface area contributed by atoms with Crippen LogP contribution in [0.25, 0.3) is 0 Å². The van der Waals surface area contributed by atoms with E-state index in [1.807, 2.05) is 18.2 Å². The van der Waals surface area contributed by atoms with Crippen LogP contribution in [0.4, 0.5) is 11.4 Å². The molecule has 0 atom stereocenters. The van der Waals surface area contributed by atoms with E-state index < -0.39 is 10.0 Å². The van der Waals surface area contributed by atoms with Gasteiger partial charge < -0.3 is 5.32 Å². The highest BCUT2D eigenvalue weighted by Gasteiger charge is 2.15. The van der Waals surface area contributed by atoms with E-state index in [9.17, 15) is 8.42 Å². The standard InChI is InChI=1S/C13H20N2O2S/c1-18(16,17)15-13-10-6-5-9-12(13)14-11-7-3-2-4-8-11/h5-6,9-11,14-15H,2-4,7-8H2,1H3. The van der Waals surface area contributed by atoms with Gasteiger partial charge in [-0.15, -0.1) is 0 Å². The Morgan fingerprint density at radius 1 is 1.06 bits per heavy atom. The van der Waals surface area contributed by atoms with Gasteiger partial charge in [-0.05, 0) is 25.0 Å². The Morgan fingerprint density at radius 2 is 1.67 bits per heavy atom. The third-order valence-corrected chi connectivity index (χ3v) is 3.78. The molecule has 100 valence electrons. The first-order valence-corrected chi connectivity index (χ1v) is 8.27. The highest BCUT2D eigenvalue weighted by atomic mass is 32.2. The van der Waals surface area contributed by atoms with E-state index in [4.69, 9.17) is 0 Å². The molecular weight excluding hydrogens is 248 g/mol. The number of sulfonamides is 1. The Balaban J connectivity index is 2.11. The number of rotatable bonds is 4. The summed E-state index contributed by atoms with van der Waals surface area (Å²) in [6.07, 6.45) is 7.30. The second kappa shape index (κ2) is 5.61. The van der Waals surface area contributed by atoms with E-state index in [1.165, 1.54) is 25.5 Å². The first kappa shape index (κ1) is 13.2. The summed E-state index contributed by atoms with van der Waals surface area (Å²) in [5, 5.41) is 3.45. The highest BCUT2D eigenvalue weighted by Crippen LogP contribution is 2.27. The lowest BCUT2D eigenvalue weighted by Crippen LogP contribution is -2.23. The molecule has 0 spiro atoms. The monoisotopic (exact) mass is 268 g/mol. The van der Waals surface area contributed by atoms with Gasteiger partial charge in [0.25, 0.3) is 0 Å². The van der Waals surface area contributed by atoms with Gasteiger partial charge in [0, 0.05) is 6.04 Å². The number of benzene rings is 1. The van der Waals surface area contributed by atoms with Crippen molar-refractivity contribution in [1.29, 1.82) is 0 Å². The van der Waals surface area contributed by atoms with Gasteiger partial charge in [0.2, 0.25) is 10.0 Å². The molecule has 1 aliphatic rings. The number of hydrogen-bond acceptors (Lipinski definition) is 3. The average molecular weight is 268 g/mol. The molecule has 1 saturated carbocycles. The first-order valence-electron chi connectivity index (χ1n) is 6.38. The summed E-state index contributed by atoms with van der Waals surface area (Å²) in [6.45, 7) is 0. The zero-order chi connectivity index (χ0) is 13.0. The second-order valence-electron chi connectivity index (χ2n) is 4.90. The summed E-state index contributed by atoms with van der Waals surface area (Å²) >= 11 is 0. The topological polar surface area (TPSA) is 58.2 Å². The lowest BCUT2D eigenvalue weighted by atomic mass is 9.95. The highest BCUT2D eigenvalue weighted by molar-refractivity contribution is 7.92. The van der Waals surface area contributed by atoms with Crippen molar-refractivity contribution in [2.45, 2.75) is 38.1 Å². The van der Waals surface area contributed by atoms with E-state index in [-0.39, 0.29) is 0 Å². The Morgan fingerprint density at radius 3 is 2.28 bits per heavy atom. The van der Waals surface area contributed by atoms with Crippen LogP contribution in [0.1, 0.15) is 32.1 Å². The van der Waals surface area contributed by atoms with Crippen LogP contribution in [0, 0.1) is 0 Å². The smallest absolute Gasteiger partial charge is 0.229 e. The fraction of sp³-hybridized carbons (Fsp3) is 0.538. The number of nitrogens with one attached hydrogen (secondary N) is 2. The van der Waals surface area contributed by atoms with Gasteiger partial charge in [0.05, 0.1) is 17.6 Å². The van der Waals surface area contributed by atoms with Crippen molar-refractivity contribution < 1.29 is 8.42 Å². The summed E-state index contributed by atoms with van der Waals surface area (Å²) in [5.74, 6) is 0. The molecule has 1 aliphatic carbocycles. The van der Waals surface area contributed by atoms with Crippen molar-refractivity contribution in [2.24, 2.45) is 0 Å². The molecule has 0 saturated heterocycles. The fourth-order valence-electron chi connectivity index (χ4n) is 2.36. The minimum atomic E-state index is -3.23. The lowest BCUT2D eigenvalue weighted by molar-refractivity contribution is 0.463. The first-order chi connectivity index (χ1) is 8.54. The molecule has 1 aromatic rings. The summed E-state index contributed by atoms with van der Waals surface area (Å²) in [4.78, 5) is 0. The normalized spacial score (nSPS) is 17.4. The maximum absolute atomic E-state index is 11.3. The molecule has 0 radical (unpaired) electrons. The summed E-state index contributed by atoms with van der Waals surface area (Å²) < 4.78 is 25.2. The van der Waals surface area contributed by atoms with E-state index >= 15 is 0 Å². The lowest BCUT2D eigenvalue weighted by Gasteiger charge is -2.25. The maximum Gasteiger partial charge on any atom is 0.229 e. The van der Waals surface area contributed by atoms with Crippen LogP contribution in [0.3, 0.4) is 0 Å². The minimum Gasteiger partial charge on any atom is -0.381 e. The van der Waals surface area contributed by atoms with Crippen molar-refractivity contribution in [3.05, 3.63) is 24.3 Å². The van der Waals surface area contributed by atoms with Gasteiger partial charge in [0.15, 0.2) is 0 Å². The molecule has 4 nitrogen and oxygen atoms in total. The molecule has 0 amide bonds. The number of para-hydroxylation sites is 2. The van der Waals surface area contributed by atoms with Gasteiger partial charge in [-0.1, -0.05) is 31.4 Å². The summed E-state index contributed by atoms with van der Waals surface area (Å²) in [5.41, 5.74) is 1.50. The van der Waals surface area contributed by atoms with E-state index in [0.29, 0.717) is 11.7 Å². The van der Waals surface area contributed by atoms with Gasteiger partial charge in [-0.2, -0.15) is 0 Å². The zero-order valence-electron chi connectivity index (χ0n) is 10.6. The molecule has 0 heterocycles. The van der Waals surface area contributed by atoms with Crippen LogP contribution < -0.4 is 10.0 Å². The Hall–Kier alpha value is -1.23. The Kier molecular flexibility index (Phi) is 4.11. The van der Waals surface area contributed by atoms with Crippen LogP contribution in [0.2, 0.25) is 0 Å². The average Bonchev–Trinajstić information content (AvgIpc) is 2.31. The van der Waals surface area contributed by atoms with Crippen molar-refractivity contribution in [2.75, 3.05) is 16.3 Å². The van der Waals surface area contributed by atoms with Crippen LogP contribution in [0.15, 0.2) is 24.3 Å². The number of hydrogen-bond donors (Lipinski definition) is 2. The van der Waals surface area contributed by atoms with Crippen molar-refractivity contribution in [3.63, 3.8) is 0 Å². The quantitative estimate of drug-likeness (QED) is 0.882. The van der Waals surface area contributed by atoms with Crippen molar-refractivity contribution >= 4 is 21.4 Å². The molecule has 0 unspecified atom stereocenters. The maximum atomic E-state index is 11.3. The molecule has 1 aromatic carbocycles. The third-order valence-electron chi connectivity index (χ3n) is 3.19. The molecule has 0 bridgehead atoms. The minimum absolute atomic E-state index is 0.460. The van der Waals surface area contributed by atoms with E-state index in [2.05, 4.69) is 10.0 Å². The Labute approximate surface area is 109 Å². The largest absolute Gasteiger partial charge is 0.381 e. The summed E-state index contributed by atoms with van der Waals surface area (Å²) in [7, 11) is -3.23. The van der Waals surface area contributed by atoms with E-state index in [0.717, 1.165) is 18.5 Å². The van der Waals surface area contributed by atoms with Gasteiger partial charge in [0.1, 0.15) is 0 Å². The van der Waals surface area contributed by atoms with Crippen molar-refractivity contribution in [1.82, 2.24) is 0 Å². The van der Waals surface area contributed by atoms with E-state index in [1.54, 1.807) is 6.07 Å². The molecule has 0 aromatic heterocycles. The molecule has 5 heteroatoms. The third kappa shape index (κ3) is 3.91. The van der Waals surface area contributed by atoms with Crippen LogP contribution in [-0.2, 0) is 10.0 Å². The Bertz CT molecular complexity index is 493. The molecule has 18 heavy (non-hydrogen) atoms. The van der Waals surface area contributed by atoms with Crippen LogP contribution in [0.5, 0.6) is 0 Å². The fourth-order valence-corrected chi connectivity index (χ4v) is 2.94.